The smallest absolute Gasteiger partial charge is 0.326 e. The maximum atomic E-state index is 13.5. The van der Waals surface area contributed by atoms with Crippen molar-refractivity contribution in [1.29, 1.82) is 0 Å². The molecule has 1 saturated heterocycles. The molecule has 0 spiro atoms. The van der Waals surface area contributed by atoms with E-state index in [4.69, 9.17) is 27.9 Å². The summed E-state index contributed by atoms with van der Waals surface area (Å²) in [5, 5.41) is 10.6. The van der Waals surface area contributed by atoms with Gasteiger partial charge in [0.25, 0.3) is 5.91 Å². The molecule has 1 aliphatic heterocycles. The molecule has 164 valence electrons. The molecule has 3 aromatic carbocycles. The van der Waals surface area contributed by atoms with Crippen LogP contribution in [0.3, 0.4) is 0 Å². The molecule has 4 rings (SSSR count). The van der Waals surface area contributed by atoms with Gasteiger partial charge < -0.3 is 14.7 Å². The Morgan fingerprint density at radius 3 is 2.38 bits per heavy atom. The van der Waals surface area contributed by atoms with Crippen molar-refractivity contribution < 1.29 is 19.4 Å². The van der Waals surface area contributed by atoms with E-state index in [1.54, 1.807) is 37.4 Å². The predicted molar refractivity (Wildman–Crippen MR) is 124 cm³/mol. The van der Waals surface area contributed by atoms with E-state index in [2.05, 4.69) is 0 Å². The minimum Gasteiger partial charge on any atom is -0.496 e. The SMILES string of the molecule is COc1ccccc1-c1ccc(C(=O)N2[C@@H](c3ccc(Cl)cc3Cl)CC[C@H]2C(=O)O)cc1. The molecule has 3 aromatic rings. The molecule has 1 amide bonds. The Balaban J connectivity index is 1.68. The summed E-state index contributed by atoms with van der Waals surface area (Å²) >= 11 is 12.4. The molecule has 1 N–H and O–H groups in total. The Labute approximate surface area is 196 Å². The Morgan fingerprint density at radius 2 is 1.72 bits per heavy atom. The molecule has 2 atom stereocenters. The largest absolute Gasteiger partial charge is 0.496 e. The number of methoxy groups -OCH3 is 1. The van der Waals surface area contributed by atoms with E-state index in [0.29, 0.717) is 34.0 Å². The van der Waals surface area contributed by atoms with Gasteiger partial charge in [-0.05, 0) is 54.3 Å². The van der Waals surface area contributed by atoms with Crippen LogP contribution in [0.5, 0.6) is 5.75 Å². The Kier molecular flexibility index (Phi) is 6.40. The summed E-state index contributed by atoms with van der Waals surface area (Å²) < 4.78 is 5.42. The van der Waals surface area contributed by atoms with Crippen LogP contribution < -0.4 is 4.74 Å². The van der Waals surface area contributed by atoms with Gasteiger partial charge in [0.1, 0.15) is 11.8 Å². The molecule has 32 heavy (non-hydrogen) atoms. The first kappa shape index (κ1) is 22.2. The molecule has 1 fully saturated rings. The van der Waals surface area contributed by atoms with Gasteiger partial charge in [0.2, 0.25) is 0 Å². The highest BCUT2D eigenvalue weighted by Crippen LogP contribution is 2.41. The number of likely N-dealkylation sites (tertiary alicyclic amines) is 1. The number of hydrogen-bond donors (Lipinski definition) is 1. The molecule has 0 bridgehead atoms. The quantitative estimate of drug-likeness (QED) is 0.490. The summed E-state index contributed by atoms with van der Waals surface area (Å²) in [6, 6.07) is 18.4. The number of amides is 1. The molecule has 7 heteroatoms. The fourth-order valence-corrected chi connectivity index (χ4v) is 4.77. The van der Waals surface area contributed by atoms with E-state index in [9.17, 15) is 14.7 Å². The number of ether oxygens (including phenoxy) is 1. The molecule has 0 unspecified atom stereocenters. The summed E-state index contributed by atoms with van der Waals surface area (Å²) in [6.45, 7) is 0. The number of carboxylic acid groups (broad SMARTS) is 1. The van der Waals surface area contributed by atoms with Crippen molar-refractivity contribution in [2.24, 2.45) is 0 Å². The van der Waals surface area contributed by atoms with Gasteiger partial charge in [-0.3, -0.25) is 4.79 Å². The second-order valence-electron chi connectivity index (χ2n) is 7.60. The Hall–Kier alpha value is -3.02. The van der Waals surface area contributed by atoms with Crippen molar-refractivity contribution in [3.8, 4) is 16.9 Å². The average Bonchev–Trinajstić information content (AvgIpc) is 3.24. The zero-order valence-electron chi connectivity index (χ0n) is 17.3. The summed E-state index contributed by atoms with van der Waals surface area (Å²) in [5.74, 6) is -0.649. The first-order valence-electron chi connectivity index (χ1n) is 10.1. The van der Waals surface area contributed by atoms with Crippen molar-refractivity contribution in [3.63, 3.8) is 0 Å². The van der Waals surface area contributed by atoms with Crippen molar-refractivity contribution in [2.75, 3.05) is 7.11 Å². The average molecular weight is 470 g/mol. The molecular formula is C25H21Cl2NO4. The lowest BCUT2D eigenvalue weighted by molar-refractivity contribution is -0.141. The number of benzene rings is 3. The van der Waals surface area contributed by atoms with Crippen LogP contribution in [0.1, 0.15) is 34.8 Å². The molecular weight excluding hydrogens is 449 g/mol. The lowest BCUT2D eigenvalue weighted by atomic mass is 10.0. The molecule has 0 aromatic heterocycles. The summed E-state index contributed by atoms with van der Waals surface area (Å²) in [5.41, 5.74) is 2.91. The van der Waals surface area contributed by atoms with E-state index in [-0.39, 0.29) is 5.91 Å². The van der Waals surface area contributed by atoms with Crippen molar-refractivity contribution in [2.45, 2.75) is 24.9 Å². The second-order valence-corrected chi connectivity index (χ2v) is 8.45. The fourth-order valence-electron chi connectivity index (χ4n) is 4.24. The van der Waals surface area contributed by atoms with Crippen molar-refractivity contribution >= 4 is 35.1 Å². The highest BCUT2D eigenvalue weighted by molar-refractivity contribution is 6.35. The molecule has 5 nitrogen and oxygen atoms in total. The van der Waals surface area contributed by atoms with Gasteiger partial charge in [-0.1, -0.05) is 59.6 Å². The molecule has 0 saturated carbocycles. The summed E-state index contributed by atoms with van der Waals surface area (Å²) in [6.07, 6.45) is 0.855. The van der Waals surface area contributed by atoms with Crippen molar-refractivity contribution in [1.82, 2.24) is 4.90 Å². The van der Waals surface area contributed by atoms with Gasteiger partial charge in [0.15, 0.2) is 0 Å². The number of carbonyl (C=O) groups excluding carboxylic acids is 1. The Morgan fingerprint density at radius 1 is 1.00 bits per heavy atom. The fraction of sp³-hybridized carbons (Fsp3) is 0.200. The van der Waals surface area contributed by atoms with E-state index in [1.165, 1.54) is 4.90 Å². The van der Waals surface area contributed by atoms with E-state index in [1.807, 2.05) is 36.4 Å². The van der Waals surface area contributed by atoms with Crippen LogP contribution in [0, 0.1) is 0 Å². The summed E-state index contributed by atoms with van der Waals surface area (Å²) in [4.78, 5) is 26.8. The first-order valence-corrected chi connectivity index (χ1v) is 10.9. The Bertz CT molecular complexity index is 1160. The molecule has 1 heterocycles. The first-order chi connectivity index (χ1) is 15.4. The zero-order valence-corrected chi connectivity index (χ0v) is 18.8. The van der Waals surface area contributed by atoms with Crippen LogP contribution in [0.25, 0.3) is 11.1 Å². The monoisotopic (exact) mass is 469 g/mol. The van der Waals surface area contributed by atoms with Crippen LogP contribution in [0.2, 0.25) is 10.0 Å². The topological polar surface area (TPSA) is 66.8 Å². The number of rotatable bonds is 5. The van der Waals surface area contributed by atoms with Gasteiger partial charge >= 0.3 is 5.97 Å². The number of nitrogens with zero attached hydrogens (tertiary/aromatic N) is 1. The summed E-state index contributed by atoms with van der Waals surface area (Å²) in [7, 11) is 1.61. The normalized spacial score (nSPS) is 17.9. The highest BCUT2D eigenvalue weighted by atomic mass is 35.5. The van der Waals surface area contributed by atoms with Crippen LogP contribution in [-0.4, -0.2) is 35.0 Å². The lowest BCUT2D eigenvalue weighted by Gasteiger charge is -2.29. The van der Waals surface area contributed by atoms with E-state index >= 15 is 0 Å². The van der Waals surface area contributed by atoms with Gasteiger partial charge in [0, 0.05) is 21.2 Å². The minimum atomic E-state index is -1.03. The van der Waals surface area contributed by atoms with E-state index < -0.39 is 18.1 Å². The zero-order chi connectivity index (χ0) is 22.8. The molecule has 0 aliphatic carbocycles. The van der Waals surface area contributed by atoms with Gasteiger partial charge in [0.05, 0.1) is 13.2 Å². The lowest BCUT2D eigenvalue weighted by Crippen LogP contribution is -2.41. The number of carboxylic acids is 1. The van der Waals surface area contributed by atoms with Crippen molar-refractivity contribution in [3.05, 3.63) is 87.9 Å². The molecule has 0 radical (unpaired) electrons. The minimum absolute atomic E-state index is 0.350. The number of aliphatic carboxylic acids is 1. The third-order valence-electron chi connectivity index (χ3n) is 5.78. The molecule has 1 aliphatic rings. The predicted octanol–water partition coefficient (Wildman–Crippen LogP) is 6.10. The van der Waals surface area contributed by atoms with Gasteiger partial charge in [-0.15, -0.1) is 0 Å². The maximum Gasteiger partial charge on any atom is 0.326 e. The number of para-hydroxylation sites is 1. The van der Waals surface area contributed by atoms with E-state index in [0.717, 1.165) is 16.9 Å². The van der Waals surface area contributed by atoms with Gasteiger partial charge in [-0.2, -0.15) is 0 Å². The standard InChI is InChI=1S/C25H21Cl2NO4/c1-32-23-5-3-2-4-18(23)15-6-8-16(9-7-15)24(29)28-21(12-13-22(28)25(30)31)19-11-10-17(26)14-20(19)27/h2-11,14,21-22H,12-13H2,1H3,(H,30,31)/t21-,22+/m1/s1. The van der Waals surface area contributed by atoms with Crippen LogP contribution in [0.15, 0.2) is 66.7 Å². The highest BCUT2D eigenvalue weighted by Gasteiger charge is 2.42. The van der Waals surface area contributed by atoms with Gasteiger partial charge in [-0.25, -0.2) is 4.79 Å². The third-order valence-corrected chi connectivity index (χ3v) is 6.34. The van der Waals surface area contributed by atoms with Crippen LogP contribution in [0.4, 0.5) is 0 Å². The third kappa shape index (κ3) is 4.18. The number of carbonyl (C=O) groups is 2. The number of halogens is 2. The second kappa shape index (κ2) is 9.23. The number of hydrogen-bond acceptors (Lipinski definition) is 3. The van der Waals surface area contributed by atoms with Crippen LogP contribution >= 0.6 is 23.2 Å². The van der Waals surface area contributed by atoms with Crippen LogP contribution in [-0.2, 0) is 4.79 Å². The maximum absolute atomic E-state index is 13.5.